The molecule has 2 aromatic heterocycles. The van der Waals surface area contributed by atoms with Crippen LogP contribution in [0, 0.1) is 6.57 Å². The van der Waals surface area contributed by atoms with E-state index in [1.165, 1.54) is 33.0 Å². The molecule has 0 N–H and O–H groups in total. The van der Waals surface area contributed by atoms with Crippen molar-refractivity contribution in [2.75, 3.05) is 0 Å². The fourth-order valence-electron chi connectivity index (χ4n) is 8.22. The first-order valence-electron chi connectivity index (χ1n) is 18.1. The van der Waals surface area contributed by atoms with Crippen LogP contribution in [-0.2, 0) is 5.41 Å². The molecule has 5 nitrogen and oxygen atoms in total. The molecule has 254 valence electrons. The number of rotatable bonds is 5. The number of aromatic nitrogens is 4. The van der Waals surface area contributed by atoms with Crippen LogP contribution in [0.5, 0.6) is 0 Å². The van der Waals surface area contributed by atoms with E-state index in [9.17, 15) is 0 Å². The average molecular weight is 692 g/mol. The molecule has 2 heterocycles. The summed E-state index contributed by atoms with van der Waals surface area (Å²) in [5, 5.41) is 2.38. The van der Waals surface area contributed by atoms with Crippen LogP contribution in [0.3, 0.4) is 0 Å². The van der Waals surface area contributed by atoms with Gasteiger partial charge in [-0.2, -0.15) is 0 Å². The van der Waals surface area contributed by atoms with Gasteiger partial charge in [0.25, 0.3) is 0 Å². The molecule has 0 saturated carbocycles. The number of benzene rings is 7. The van der Waals surface area contributed by atoms with Gasteiger partial charge in [0.15, 0.2) is 23.2 Å². The first-order valence-corrected chi connectivity index (χ1v) is 18.1. The third kappa shape index (κ3) is 4.96. The topological polar surface area (TPSA) is 48.0 Å². The van der Waals surface area contributed by atoms with Gasteiger partial charge >= 0.3 is 0 Å². The van der Waals surface area contributed by atoms with E-state index < -0.39 is 0 Å². The molecule has 0 unspecified atom stereocenters. The Labute approximate surface area is 313 Å². The molecule has 0 aliphatic heterocycles. The van der Waals surface area contributed by atoms with Gasteiger partial charge in [0.05, 0.1) is 17.6 Å². The normalized spacial score (nSPS) is 12.8. The van der Waals surface area contributed by atoms with Gasteiger partial charge in [0, 0.05) is 38.6 Å². The maximum absolute atomic E-state index is 8.06. The van der Waals surface area contributed by atoms with Crippen molar-refractivity contribution in [3.63, 3.8) is 0 Å². The van der Waals surface area contributed by atoms with Crippen LogP contribution in [0.1, 0.15) is 25.0 Å². The van der Waals surface area contributed by atoms with E-state index in [1.807, 2.05) is 84.9 Å². The first kappa shape index (κ1) is 31.6. The van der Waals surface area contributed by atoms with Crippen molar-refractivity contribution in [3.05, 3.63) is 186 Å². The number of hydrogen-bond acceptors (Lipinski definition) is 3. The lowest BCUT2D eigenvalue weighted by atomic mass is 9.82. The largest absolute Gasteiger partial charge is 0.309 e. The second-order valence-electron chi connectivity index (χ2n) is 14.4. The quantitative estimate of drug-likeness (QED) is 0.169. The van der Waals surface area contributed by atoms with Crippen LogP contribution in [0.25, 0.3) is 88.8 Å². The summed E-state index contributed by atoms with van der Waals surface area (Å²) in [5.41, 5.74) is 13.3. The maximum atomic E-state index is 8.06. The summed E-state index contributed by atoms with van der Waals surface area (Å²) in [7, 11) is 0. The molecule has 1 aliphatic carbocycles. The van der Waals surface area contributed by atoms with Crippen molar-refractivity contribution in [2.45, 2.75) is 19.3 Å². The number of para-hydroxylation sites is 2. The van der Waals surface area contributed by atoms with Crippen molar-refractivity contribution >= 4 is 27.5 Å². The molecule has 1 aliphatic rings. The second kappa shape index (κ2) is 12.2. The highest BCUT2D eigenvalue weighted by Gasteiger charge is 2.36. The van der Waals surface area contributed by atoms with Crippen molar-refractivity contribution in [1.29, 1.82) is 0 Å². The highest BCUT2D eigenvalue weighted by molar-refractivity contribution is 6.12. The molecular weight excluding hydrogens is 659 g/mol. The van der Waals surface area contributed by atoms with E-state index in [4.69, 9.17) is 21.5 Å². The summed E-state index contributed by atoms with van der Waals surface area (Å²) < 4.78 is 2.37. The lowest BCUT2D eigenvalue weighted by molar-refractivity contribution is 0.661. The van der Waals surface area contributed by atoms with Crippen molar-refractivity contribution in [3.8, 4) is 62.1 Å². The minimum Gasteiger partial charge on any atom is -0.309 e. The van der Waals surface area contributed by atoms with Gasteiger partial charge in [-0.1, -0.05) is 141 Å². The zero-order chi connectivity index (χ0) is 36.4. The molecule has 9 aromatic rings. The molecule has 0 bridgehead atoms. The van der Waals surface area contributed by atoms with Gasteiger partial charge in [-0.3, -0.25) is 0 Å². The summed E-state index contributed by atoms with van der Waals surface area (Å²) in [6.45, 7) is 12.7. The highest BCUT2D eigenvalue weighted by atomic mass is 15.0. The van der Waals surface area contributed by atoms with Crippen LogP contribution in [0.4, 0.5) is 5.69 Å². The Morgan fingerprint density at radius 3 is 1.74 bits per heavy atom. The number of fused-ring (bicyclic) bond motifs is 6. The van der Waals surface area contributed by atoms with E-state index >= 15 is 0 Å². The van der Waals surface area contributed by atoms with Crippen molar-refractivity contribution in [2.24, 2.45) is 0 Å². The Hall–Kier alpha value is -7.16. The van der Waals surface area contributed by atoms with Gasteiger partial charge in [-0.25, -0.2) is 19.8 Å². The third-order valence-corrected chi connectivity index (χ3v) is 10.8. The van der Waals surface area contributed by atoms with E-state index in [1.54, 1.807) is 0 Å². The fraction of sp³-hybridized carbons (Fsp3) is 0.0612. The minimum atomic E-state index is -0.157. The zero-order valence-corrected chi connectivity index (χ0v) is 29.8. The fourth-order valence-corrected chi connectivity index (χ4v) is 8.22. The second-order valence-corrected chi connectivity index (χ2v) is 14.4. The Morgan fingerprint density at radius 2 is 1.04 bits per heavy atom. The van der Waals surface area contributed by atoms with Crippen LogP contribution in [0.2, 0.25) is 0 Å². The van der Waals surface area contributed by atoms with Gasteiger partial charge in [-0.15, -0.1) is 0 Å². The third-order valence-electron chi connectivity index (χ3n) is 10.8. The van der Waals surface area contributed by atoms with Crippen molar-refractivity contribution < 1.29 is 0 Å². The van der Waals surface area contributed by atoms with E-state index in [2.05, 4.69) is 102 Å². The number of nitrogens with zero attached hydrogens (tertiary/aromatic N) is 5. The Bertz CT molecular complexity index is 2910. The minimum absolute atomic E-state index is 0.157. The Morgan fingerprint density at radius 1 is 0.463 bits per heavy atom. The van der Waals surface area contributed by atoms with E-state index in [-0.39, 0.29) is 5.41 Å². The van der Waals surface area contributed by atoms with Gasteiger partial charge < -0.3 is 4.57 Å². The molecule has 10 rings (SSSR count). The summed E-state index contributed by atoms with van der Waals surface area (Å²) in [6, 6.07) is 56.6. The van der Waals surface area contributed by atoms with Crippen LogP contribution in [-0.4, -0.2) is 19.5 Å². The van der Waals surface area contributed by atoms with Gasteiger partial charge in [0.1, 0.15) is 0 Å². The van der Waals surface area contributed by atoms with E-state index in [0.717, 1.165) is 44.5 Å². The predicted octanol–water partition coefficient (Wildman–Crippen LogP) is 12.5. The van der Waals surface area contributed by atoms with Gasteiger partial charge in [0.2, 0.25) is 0 Å². The van der Waals surface area contributed by atoms with Crippen LogP contribution in [0.15, 0.2) is 164 Å². The number of hydrogen-bond donors (Lipinski definition) is 0. The van der Waals surface area contributed by atoms with Crippen molar-refractivity contribution in [1.82, 2.24) is 19.5 Å². The standard InChI is InChI=1S/C49H33N5/c1-49(2)41-23-13-10-21-37(41)39-29-40-38-22-12-15-25-44(38)54(45(40)30-42(39)49)35-27-33(36-20-11-14-24-43(36)50-3)26-34(28-35)48-52-46(31-16-6-4-7-17-31)51-47(53-48)32-18-8-5-9-19-32/h4-30H,1-2H3. The lowest BCUT2D eigenvalue weighted by Crippen LogP contribution is -2.15. The SMILES string of the molecule is [C-]#[N+]c1ccccc1-c1cc(-c2nc(-c3ccccc3)nc(-c3ccccc3)n2)cc(-n2c3ccccc3c3cc4c(cc32)C(C)(C)c2ccccc2-4)c1. The smallest absolute Gasteiger partial charge is 0.194 e. The summed E-state index contributed by atoms with van der Waals surface area (Å²) in [6.07, 6.45) is 0. The summed E-state index contributed by atoms with van der Waals surface area (Å²) in [5.74, 6) is 1.76. The molecule has 0 saturated heterocycles. The monoisotopic (exact) mass is 691 g/mol. The highest BCUT2D eigenvalue weighted by Crippen LogP contribution is 2.51. The molecular formula is C49H33N5. The Kier molecular flexibility index (Phi) is 7.14. The summed E-state index contributed by atoms with van der Waals surface area (Å²) in [4.78, 5) is 19.1. The summed E-state index contributed by atoms with van der Waals surface area (Å²) >= 11 is 0. The van der Waals surface area contributed by atoms with Gasteiger partial charge in [-0.05, 0) is 69.8 Å². The molecule has 0 radical (unpaired) electrons. The predicted molar refractivity (Wildman–Crippen MR) is 220 cm³/mol. The average Bonchev–Trinajstić information content (AvgIpc) is 3.68. The molecule has 7 aromatic carbocycles. The molecule has 0 atom stereocenters. The zero-order valence-electron chi connectivity index (χ0n) is 29.8. The maximum Gasteiger partial charge on any atom is 0.194 e. The molecule has 0 amide bonds. The van der Waals surface area contributed by atoms with Crippen LogP contribution >= 0.6 is 0 Å². The molecule has 0 fully saturated rings. The molecule has 0 spiro atoms. The lowest BCUT2D eigenvalue weighted by Gasteiger charge is -2.22. The molecule has 54 heavy (non-hydrogen) atoms. The Balaban J connectivity index is 1.28. The molecule has 5 heteroatoms. The van der Waals surface area contributed by atoms with Crippen LogP contribution < -0.4 is 0 Å². The first-order chi connectivity index (χ1) is 26.5. The van der Waals surface area contributed by atoms with E-state index in [0.29, 0.717) is 23.2 Å².